The van der Waals surface area contributed by atoms with Gasteiger partial charge in [-0.1, -0.05) is 6.42 Å². The molecule has 78 valence electrons. The van der Waals surface area contributed by atoms with Crippen LogP contribution in [0.4, 0.5) is 13.2 Å². The summed E-state index contributed by atoms with van der Waals surface area (Å²) in [6.45, 7) is 0.143. The number of hydrogen-bond donors (Lipinski definition) is 2. The molecule has 1 fully saturated rings. The second-order valence-electron chi connectivity index (χ2n) is 3.76. The maximum Gasteiger partial charge on any atom is 0.391 e. The average molecular weight is 197 g/mol. The molecule has 0 aliphatic heterocycles. The Morgan fingerprint density at radius 2 is 1.92 bits per heavy atom. The molecule has 1 saturated carbocycles. The first-order valence-corrected chi connectivity index (χ1v) is 4.34. The van der Waals surface area contributed by atoms with Crippen molar-refractivity contribution < 1.29 is 18.3 Å². The van der Waals surface area contributed by atoms with Gasteiger partial charge in [0.2, 0.25) is 0 Å². The van der Waals surface area contributed by atoms with Crippen molar-refractivity contribution in [1.29, 1.82) is 0 Å². The molecule has 2 nitrogen and oxygen atoms in total. The summed E-state index contributed by atoms with van der Waals surface area (Å²) >= 11 is 0. The molecule has 1 atom stereocenters. The summed E-state index contributed by atoms with van der Waals surface area (Å²) in [7, 11) is 0. The zero-order chi connectivity index (χ0) is 10.1. The van der Waals surface area contributed by atoms with Crippen LogP contribution in [0, 0.1) is 5.41 Å². The lowest BCUT2D eigenvalue weighted by Crippen LogP contribution is -2.48. The standard InChI is InChI=1S/C8H14F3NO/c9-8(10,11)4-6(13)7(5-12)2-1-3-7/h6,13H,1-5,12H2. The molecule has 0 radical (unpaired) electrons. The van der Waals surface area contributed by atoms with Crippen molar-refractivity contribution in [2.75, 3.05) is 6.54 Å². The third-order valence-corrected chi connectivity index (χ3v) is 2.89. The van der Waals surface area contributed by atoms with Crippen molar-refractivity contribution in [3.8, 4) is 0 Å². The van der Waals surface area contributed by atoms with E-state index in [2.05, 4.69) is 0 Å². The molecule has 3 N–H and O–H groups in total. The predicted molar refractivity (Wildman–Crippen MR) is 42.0 cm³/mol. The van der Waals surface area contributed by atoms with Crippen LogP contribution in [0.1, 0.15) is 25.7 Å². The van der Waals surface area contributed by atoms with Crippen molar-refractivity contribution >= 4 is 0 Å². The van der Waals surface area contributed by atoms with E-state index >= 15 is 0 Å². The van der Waals surface area contributed by atoms with Gasteiger partial charge in [-0.25, -0.2) is 0 Å². The maximum absolute atomic E-state index is 11.9. The van der Waals surface area contributed by atoms with E-state index in [1.807, 2.05) is 0 Å². The van der Waals surface area contributed by atoms with Crippen LogP contribution in [0.15, 0.2) is 0 Å². The topological polar surface area (TPSA) is 46.2 Å². The third-order valence-electron chi connectivity index (χ3n) is 2.89. The summed E-state index contributed by atoms with van der Waals surface area (Å²) in [5.41, 5.74) is 4.70. The van der Waals surface area contributed by atoms with Crippen molar-refractivity contribution in [2.24, 2.45) is 11.1 Å². The second-order valence-corrected chi connectivity index (χ2v) is 3.76. The molecule has 0 heterocycles. The zero-order valence-corrected chi connectivity index (χ0v) is 7.27. The summed E-state index contributed by atoms with van der Waals surface area (Å²) in [4.78, 5) is 0. The first kappa shape index (κ1) is 10.8. The molecule has 0 aromatic heterocycles. The quantitative estimate of drug-likeness (QED) is 0.718. The number of rotatable bonds is 3. The van der Waals surface area contributed by atoms with E-state index in [4.69, 9.17) is 5.73 Å². The van der Waals surface area contributed by atoms with Gasteiger partial charge in [0, 0.05) is 12.0 Å². The zero-order valence-electron chi connectivity index (χ0n) is 7.27. The fraction of sp³-hybridized carbons (Fsp3) is 1.00. The molecule has 0 bridgehead atoms. The number of nitrogens with two attached hydrogens (primary N) is 1. The van der Waals surface area contributed by atoms with Crippen LogP contribution >= 0.6 is 0 Å². The normalized spacial score (nSPS) is 23.8. The molecule has 1 rings (SSSR count). The minimum Gasteiger partial charge on any atom is -0.392 e. The van der Waals surface area contributed by atoms with E-state index in [-0.39, 0.29) is 6.54 Å². The number of aliphatic hydroxyl groups is 1. The van der Waals surface area contributed by atoms with Crippen LogP contribution in [-0.4, -0.2) is 23.9 Å². The Morgan fingerprint density at radius 3 is 2.15 bits per heavy atom. The molecule has 5 heteroatoms. The van der Waals surface area contributed by atoms with Gasteiger partial charge in [-0.2, -0.15) is 13.2 Å². The summed E-state index contributed by atoms with van der Waals surface area (Å²) in [6.07, 6.45) is -4.67. The van der Waals surface area contributed by atoms with Gasteiger partial charge in [-0.3, -0.25) is 0 Å². The van der Waals surface area contributed by atoms with Gasteiger partial charge in [0.05, 0.1) is 12.5 Å². The second kappa shape index (κ2) is 3.46. The van der Waals surface area contributed by atoms with Crippen molar-refractivity contribution in [3.63, 3.8) is 0 Å². The lowest BCUT2D eigenvalue weighted by Gasteiger charge is -2.44. The highest BCUT2D eigenvalue weighted by atomic mass is 19.4. The Morgan fingerprint density at radius 1 is 1.38 bits per heavy atom. The molecule has 0 saturated heterocycles. The fourth-order valence-electron chi connectivity index (χ4n) is 1.74. The van der Waals surface area contributed by atoms with E-state index in [1.165, 1.54) is 0 Å². The third kappa shape index (κ3) is 2.34. The van der Waals surface area contributed by atoms with Gasteiger partial charge in [-0.15, -0.1) is 0 Å². The van der Waals surface area contributed by atoms with Crippen LogP contribution in [0.25, 0.3) is 0 Å². The smallest absolute Gasteiger partial charge is 0.391 e. The molecule has 1 aliphatic rings. The number of aliphatic hydroxyl groups excluding tert-OH is 1. The van der Waals surface area contributed by atoms with Crippen molar-refractivity contribution in [3.05, 3.63) is 0 Å². The Labute approximate surface area is 74.9 Å². The summed E-state index contributed by atoms with van der Waals surface area (Å²) in [6, 6.07) is 0. The van der Waals surface area contributed by atoms with E-state index < -0.39 is 24.1 Å². The Kier molecular flexibility index (Phi) is 2.87. The first-order valence-electron chi connectivity index (χ1n) is 4.34. The summed E-state index contributed by atoms with van der Waals surface area (Å²) < 4.78 is 35.8. The molecule has 1 unspecified atom stereocenters. The molecular formula is C8H14F3NO. The van der Waals surface area contributed by atoms with Crippen LogP contribution < -0.4 is 5.73 Å². The molecular weight excluding hydrogens is 183 g/mol. The van der Waals surface area contributed by atoms with Crippen molar-refractivity contribution in [1.82, 2.24) is 0 Å². The lowest BCUT2D eigenvalue weighted by atomic mass is 9.64. The molecule has 0 amide bonds. The van der Waals surface area contributed by atoms with Crippen LogP contribution in [0.2, 0.25) is 0 Å². The van der Waals surface area contributed by atoms with Gasteiger partial charge in [0.15, 0.2) is 0 Å². The molecule has 0 aromatic rings. The average Bonchev–Trinajstić information content (AvgIpc) is 1.80. The van der Waals surface area contributed by atoms with E-state index in [9.17, 15) is 18.3 Å². The number of alkyl halides is 3. The minimum absolute atomic E-state index is 0.143. The SMILES string of the molecule is NCC1(C(O)CC(F)(F)F)CCC1. The highest BCUT2D eigenvalue weighted by Crippen LogP contribution is 2.45. The highest BCUT2D eigenvalue weighted by Gasteiger charge is 2.46. The monoisotopic (exact) mass is 197 g/mol. The van der Waals surface area contributed by atoms with Gasteiger partial charge in [0.1, 0.15) is 0 Å². The number of hydrogen-bond acceptors (Lipinski definition) is 2. The van der Waals surface area contributed by atoms with Crippen LogP contribution in [0.5, 0.6) is 0 Å². The molecule has 0 spiro atoms. The largest absolute Gasteiger partial charge is 0.392 e. The Bertz CT molecular complexity index is 171. The van der Waals surface area contributed by atoms with Gasteiger partial charge < -0.3 is 10.8 Å². The van der Waals surface area contributed by atoms with Crippen molar-refractivity contribution in [2.45, 2.75) is 38.0 Å². The maximum atomic E-state index is 11.9. The van der Waals surface area contributed by atoms with Gasteiger partial charge >= 0.3 is 6.18 Å². The number of halogens is 3. The minimum atomic E-state index is -4.29. The summed E-state index contributed by atoms with van der Waals surface area (Å²) in [5, 5.41) is 9.36. The van der Waals surface area contributed by atoms with Crippen LogP contribution in [-0.2, 0) is 0 Å². The Hall–Kier alpha value is -0.290. The van der Waals surface area contributed by atoms with E-state index in [1.54, 1.807) is 0 Å². The summed E-state index contributed by atoms with van der Waals surface area (Å²) in [5.74, 6) is 0. The molecule has 1 aliphatic carbocycles. The van der Waals surface area contributed by atoms with Gasteiger partial charge in [-0.05, 0) is 12.8 Å². The fourth-order valence-corrected chi connectivity index (χ4v) is 1.74. The predicted octanol–water partition coefficient (Wildman–Crippen LogP) is 1.43. The van der Waals surface area contributed by atoms with E-state index in [0.717, 1.165) is 6.42 Å². The molecule has 13 heavy (non-hydrogen) atoms. The lowest BCUT2D eigenvalue weighted by molar-refractivity contribution is -0.176. The van der Waals surface area contributed by atoms with E-state index in [0.29, 0.717) is 12.8 Å². The Balaban J connectivity index is 2.50. The van der Waals surface area contributed by atoms with Crippen LogP contribution in [0.3, 0.4) is 0 Å². The van der Waals surface area contributed by atoms with Gasteiger partial charge in [0.25, 0.3) is 0 Å². The highest BCUT2D eigenvalue weighted by molar-refractivity contribution is 4.95. The first-order chi connectivity index (χ1) is 5.90. The molecule has 0 aromatic carbocycles.